The standard InChI is InChI=1S/C7H11ClO4S/c1-12-7(9)5-3-2-4-6(5)13(8,10)11/h5-6H,2-4H2,1H3/t5-,6+/m1/s1. The molecule has 0 amide bonds. The van der Waals surface area contributed by atoms with Gasteiger partial charge in [0.25, 0.3) is 0 Å². The maximum absolute atomic E-state index is 11.1. The maximum Gasteiger partial charge on any atom is 0.310 e. The normalized spacial score (nSPS) is 28.8. The van der Waals surface area contributed by atoms with Gasteiger partial charge in [-0.1, -0.05) is 6.42 Å². The molecule has 1 aliphatic carbocycles. The molecule has 0 spiro atoms. The van der Waals surface area contributed by atoms with E-state index in [4.69, 9.17) is 10.7 Å². The summed E-state index contributed by atoms with van der Waals surface area (Å²) < 4.78 is 26.5. The average Bonchev–Trinajstić information content (AvgIpc) is 2.49. The number of carbonyl (C=O) groups excluding carboxylic acids is 1. The lowest BCUT2D eigenvalue weighted by Crippen LogP contribution is -2.28. The van der Waals surface area contributed by atoms with Gasteiger partial charge in [-0.05, 0) is 12.8 Å². The van der Waals surface area contributed by atoms with Gasteiger partial charge in [-0.3, -0.25) is 4.79 Å². The predicted molar refractivity (Wildman–Crippen MR) is 47.9 cm³/mol. The lowest BCUT2D eigenvalue weighted by molar-refractivity contribution is -0.145. The summed E-state index contributed by atoms with van der Waals surface area (Å²) in [7, 11) is 2.81. The first-order valence-corrected chi connectivity index (χ1v) is 6.35. The molecule has 1 rings (SSSR count). The van der Waals surface area contributed by atoms with Crippen LogP contribution in [0, 0.1) is 5.92 Å². The summed E-state index contributed by atoms with van der Waals surface area (Å²) in [4.78, 5) is 11.1. The second-order valence-corrected chi connectivity index (χ2v) is 5.92. The third kappa shape index (κ3) is 2.34. The zero-order chi connectivity index (χ0) is 10.1. The van der Waals surface area contributed by atoms with E-state index < -0.39 is 26.2 Å². The van der Waals surface area contributed by atoms with Crippen molar-refractivity contribution in [2.75, 3.05) is 7.11 Å². The van der Waals surface area contributed by atoms with Crippen molar-refractivity contribution in [1.82, 2.24) is 0 Å². The van der Waals surface area contributed by atoms with Gasteiger partial charge in [-0.2, -0.15) is 0 Å². The van der Waals surface area contributed by atoms with Crippen molar-refractivity contribution in [2.24, 2.45) is 5.92 Å². The minimum atomic E-state index is -3.64. The Morgan fingerprint density at radius 2 is 2.08 bits per heavy atom. The van der Waals surface area contributed by atoms with Gasteiger partial charge in [0.15, 0.2) is 0 Å². The molecule has 1 saturated carbocycles. The number of halogens is 1. The fourth-order valence-corrected chi connectivity index (χ4v) is 3.41. The molecule has 0 aromatic heterocycles. The van der Waals surface area contributed by atoms with Crippen LogP contribution in [0.2, 0.25) is 0 Å². The van der Waals surface area contributed by atoms with Gasteiger partial charge in [-0.15, -0.1) is 0 Å². The topological polar surface area (TPSA) is 60.4 Å². The number of hydrogen-bond acceptors (Lipinski definition) is 4. The maximum atomic E-state index is 11.1. The van der Waals surface area contributed by atoms with Crippen molar-refractivity contribution in [3.8, 4) is 0 Å². The highest BCUT2D eigenvalue weighted by Gasteiger charge is 2.41. The van der Waals surface area contributed by atoms with Gasteiger partial charge < -0.3 is 4.74 Å². The molecule has 0 radical (unpaired) electrons. The number of ether oxygens (including phenoxy) is 1. The van der Waals surface area contributed by atoms with Crippen LogP contribution in [-0.4, -0.2) is 26.7 Å². The molecule has 0 heterocycles. The van der Waals surface area contributed by atoms with E-state index >= 15 is 0 Å². The number of hydrogen-bond donors (Lipinski definition) is 0. The fourth-order valence-electron chi connectivity index (χ4n) is 1.68. The molecular formula is C7H11ClO4S. The Morgan fingerprint density at radius 3 is 2.54 bits per heavy atom. The van der Waals surface area contributed by atoms with Crippen LogP contribution in [0.3, 0.4) is 0 Å². The van der Waals surface area contributed by atoms with Crippen LogP contribution in [0.15, 0.2) is 0 Å². The fraction of sp³-hybridized carbons (Fsp3) is 0.857. The van der Waals surface area contributed by atoms with E-state index in [2.05, 4.69) is 4.74 Å². The van der Waals surface area contributed by atoms with E-state index in [9.17, 15) is 13.2 Å². The van der Waals surface area contributed by atoms with E-state index in [1.165, 1.54) is 7.11 Å². The van der Waals surface area contributed by atoms with E-state index in [0.29, 0.717) is 19.3 Å². The van der Waals surface area contributed by atoms with Crippen molar-refractivity contribution < 1.29 is 17.9 Å². The third-order valence-corrected chi connectivity index (χ3v) is 4.29. The highest BCUT2D eigenvalue weighted by atomic mass is 35.7. The van der Waals surface area contributed by atoms with Crippen LogP contribution in [0.25, 0.3) is 0 Å². The first-order chi connectivity index (χ1) is 5.96. The SMILES string of the molecule is COC(=O)[C@@H]1CCC[C@@H]1S(=O)(=O)Cl. The van der Waals surface area contributed by atoms with E-state index in [-0.39, 0.29) is 0 Å². The molecule has 0 aromatic rings. The van der Waals surface area contributed by atoms with Crippen LogP contribution in [-0.2, 0) is 18.6 Å². The van der Waals surface area contributed by atoms with Gasteiger partial charge in [0.1, 0.15) is 0 Å². The van der Waals surface area contributed by atoms with Crippen LogP contribution in [0.1, 0.15) is 19.3 Å². The molecule has 0 N–H and O–H groups in total. The largest absolute Gasteiger partial charge is 0.469 e. The molecule has 13 heavy (non-hydrogen) atoms. The Morgan fingerprint density at radius 1 is 1.46 bits per heavy atom. The molecule has 1 fully saturated rings. The molecule has 0 unspecified atom stereocenters. The first-order valence-electron chi connectivity index (χ1n) is 3.98. The van der Waals surface area contributed by atoms with Gasteiger partial charge >= 0.3 is 5.97 Å². The Labute approximate surface area is 81.6 Å². The zero-order valence-electron chi connectivity index (χ0n) is 7.20. The average molecular weight is 227 g/mol. The minimum Gasteiger partial charge on any atom is -0.469 e. The first kappa shape index (κ1) is 10.8. The molecule has 1 aliphatic rings. The van der Waals surface area contributed by atoms with E-state index in [1.54, 1.807) is 0 Å². The van der Waals surface area contributed by atoms with Crippen LogP contribution in [0.4, 0.5) is 0 Å². The molecule has 6 heteroatoms. The highest BCUT2D eigenvalue weighted by molar-refractivity contribution is 8.14. The lowest BCUT2D eigenvalue weighted by Gasteiger charge is -2.13. The quantitative estimate of drug-likeness (QED) is 0.519. The van der Waals surface area contributed by atoms with Crippen molar-refractivity contribution in [1.29, 1.82) is 0 Å². The Bertz CT molecular complexity index is 298. The summed E-state index contributed by atoms with van der Waals surface area (Å²) >= 11 is 0. The molecular weight excluding hydrogens is 216 g/mol. The predicted octanol–water partition coefficient (Wildman–Crippen LogP) is 0.897. The summed E-state index contributed by atoms with van der Waals surface area (Å²) in [5, 5.41) is -0.762. The van der Waals surface area contributed by atoms with Crippen molar-refractivity contribution in [2.45, 2.75) is 24.5 Å². The smallest absolute Gasteiger partial charge is 0.310 e. The molecule has 0 saturated heterocycles. The Hall–Kier alpha value is -0.290. The monoisotopic (exact) mass is 226 g/mol. The van der Waals surface area contributed by atoms with Gasteiger partial charge in [-0.25, -0.2) is 8.42 Å². The molecule has 76 valence electrons. The van der Waals surface area contributed by atoms with Crippen LogP contribution in [0.5, 0.6) is 0 Å². The highest BCUT2D eigenvalue weighted by Crippen LogP contribution is 2.33. The summed E-state index contributed by atoms with van der Waals surface area (Å²) in [6.45, 7) is 0. The summed E-state index contributed by atoms with van der Waals surface area (Å²) in [5.41, 5.74) is 0. The van der Waals surface area contributed by atoms with Crippen LogP contribution < -0.4 is 0 Å². The summed E-state index contributed by atoms with van der Waals surface area (Å²) in [6, 6.07) is 0. The lowest BCUT2D eigenvalue weighted by atomic mass is 10.1. The van der Waals surface area contributed by atoms with Gasteiger partial charge in [0, 0.05) is 10.7 Å². The Kier molecular flexibility index (Phi) is 3.18. The second kappa shape index (κ2) is 3.84. The van der Waals surface area contributed by atoms with Gasteiger partial charge in [0.2, 0.25) is 9.05 Å². The molecule has 0 aliphatic heterocycles. The Balaban J connectivity index is 2.82. The molecule has 0 aromatic carbocycles. The van der Waals surface area contributed by atoms with Gasteiger partial charge in [0.05, 0.1) is 18.3 Å². The second-order valence-electron chi connectivity index (χ2n) is 3.07. The molecule has 0 bridgehead atoms. The zero-order valence-corrected chi connectivity index (χ0v) is 8.77. The van der Waals surface area contributed by atoms with Crippen molar-refractivity contribution in [3.05, 3.63) is 0 Å². The summed E-state index contributed by atoms with van der Waals surface area (Å²) in [6.07, 6.45) is 1.70. The number of rotatable bonds is 2. The van der Waals surface area contributed by atoms with E-state index in [1.807, 2.05) is 0 Å². The van der Waals surface area contributed by atoms with E-state index in [0.717, 1.165) is 0 Å². The number of esters is 1. The number of methoxy groups -OCH3 is 1. The van der Waals surface area contributed by atoms with Crippen molar-refractivity contribution >= 4 is 25.7 Å². The number of carbonyl (C=O) groups is 1. The van der Waals surface area contributed by atoms with Crippen molar-refractivity contribution in [3.63, 3.8) is 0 Å². The molecule has 4 nitrogen and oxygen atoms in total. The summed E-state index contributed by atoms with van der Waals surface area (Å²) in [5.74, 6) is -1.06. The minimum absolute atomic E-state index is 0.450. The molecule has 2 atom stereocenters. The van der Waals surface area contributed by atoms with Crippen LogP contribution >= 0.6 is 10.7 Å². The third-order valence-electron chi connectivity index (χ3n) is 2.32.